The Bertz CT molecular complexity index is 356. The number of ketones is 1. The highest BCUT2D eigenvalue weighted by atomic mass is 16.1. The van der Waals surface area contributed by atoms with Crippen LogP contribution in [0, 0.1) is 11.8 Å². The van der Waals surface area contributed by atoms with Crippen LogP contribution in [-0.4, -0.2) is 15.6 Å². The van der Waals surface area contributed by atoms with Crippen LogP contribution >= 0.6 is 0 Å². The van der Waals surface area contributed by atoms with Gasteiger partial charge in [-0.1, -0.05) is 6.92 Å². The molecule has 1 heterocycles. The van der Waals surface area contributed by atoms with Gasteiger partial charge in [-0.05, 0) is 30.2 Å². The first-order valence-electron chi connectivity index (χ1n) is 5.64. The first-order chi connectivity index (χ1) is 7.15. The average molecular weight is 206 g/mol. The van der Waals surface area contributed by atoms with E-state index in [0.717, 1.165) is 25.7 Å². The Morgan fingerprint density at radius 1 is 1.60 bits per heavy atom. The van der Waals surface area contributed by atoms with Crippen LogP contribution in [0.25, 0.3) is 0 Å². The van der Waals surface area contributed by atoms with Gasteiger partial charge >= 0.3 is 0 Å². The van der Waals surface area contributed by atoms with E-state index >= 15 is 0 Å². The van der Waals surface area contributed by atoms with Crippen LogP contribution in [0.1, 0.15) is 31.7 Å². The lowest BCUT2D eigenvalue weighted by Crippen LogP contribution is -2.24. The Morgan fingerprint density at radius 3 is 3.07 bits per heavy atom. The summed E-state index contributed by atoms with van der Waals surface area (Å²) in [6.45, 7) is 2.26. The van der Waals surface area contributed by atoms with E-state index in [4.69, 9.17) is 0 Å². The number of hydrogen-bond donors (Lipinski definition) is 0. The van der Waals surface area contributed by atoms with Crippen LogP contribution in [0.4, 0.5) is 0 Å². The van der Waals surface area contributed by atoms with Gasteiger partial charge in [-0.2, -0.15) is 5.10 Å². The van der Waals surface area contributed by atoms with Crippen molar-refractivity contribution in [3.05, 3.63) is 18.0 Å². The maximum absolute atomic E-state index is 11.4. The fraction of sp³-hybridized carbons (Fsp3) is 0.667. The lowest BCUT2D eigenvalue weighted by atomic mass is 9.77. The Balaban J connectivity index is 2.01. The average Bonchev–Trinajstić information content (AvgIpc) is 2.58. The highest BCUT2D eigenvalue weighted by Crippen LogP contribution is 2.30. The van der Waals surface area contributed by atoms with E-state index < -0.39 is 0 Å². The predicted octanol–water partition coefficient (Wildman–Crippen LogP) is 1.97. The number of aromatic nitrogens is 2. The summed E-state index contributed by atoms with van der Waals surface area (Å²) in [5.74, 6) is 1.63. The van der Waals surface area contributed by atoms with Crippen LogP contribution in [-0.2, 0) is 18.3 Å². The van der Waals surface area contributed by atoms with E-state index in [1.165, 1.54) is 5.56 Å². The fourth-order valence-electron chi connectivity index (χ4n) is 2.37. The Labute approximate surface area is 90.5 Å². The van der Waals surface area contributed by atoms with E-state index in [1.807, 2.05) is 24.1 Å². The molecule has 0 N–H and O–H groups in total. The molecule has 0 aromatic carbocycles. The van der Waals surface area contributed by atoms with Gasteiger partial charge in [0.05, 0.1) is 6.20 Å². The third-order valence-electron chi connectivity index (χ3n) is 3.43. The molecule has 1 aliphatic carbocycles. The van der Waals surface area contributed by atoms with Gasteiger partial charge in [0.2, 0.25) is 0 Å². The van der Waals surface area contributed by atoms with Crippen molar-refractivity contribution >= 4 is 5.78 Å². The molecule has 1 aliphatic rings. The SMILES string of the molecule is CC1CCC(=O)CC1Cc1cnn(C)c1. The Kier molecular flexibility index (Phi) is 2.89. The number of Topliss-reactive ketones (excluding diaryl/α,β-unsaturated/α-hetero) is 1. The molecule has 1 fully saturated rings. The summed E-state index contributed by atoms with van der Waals surface area (Å²) < 4.78 is 1.82. The van der Waals surface area contributed by atoms with Gasteiger partial charge in [0.15, 0.2) is 0 Å². The van der Waals surface area contributed by atoms with Crippen molar-refractivity contribution < 1.29 is 4.79 Å². The summed E-state index contributed by atoms with van der Waals surface area (Å²) in [7, 11) is 1.93. The van der Waals surface area contributed by atoms with Gasteiger partial charge in [0.25, 0.3) is 0 Å². The van der Waals surface area contributed by atoms with Crippen molar-refractivity contribution in [1.82, 2.24) is 9.78 Å². The zero-order valence-corrected chi connectivity index (χ0v) is 9.44. The standard InChI is InChI=1S/C12H18N2O/c1-9-3-4-12(15)6-11(9)5-10-7-13-14(2)8-10/h7-9,11H,3-6H2,1-2H3. The lowest BCUT2D eigenvalue weighted by molar-refractivity contribution is -0.122. The summed E-state index contributed by atoms with van der Waals surface area (Å²) in [5.41, 5.74) is 1.25. The smallest absolute Gasteiger partial charge is 0.133 e. The molecule has 2 atom stereocenters. The molecule has 1 aromatic rings. The molecule has 1 saturated carbocycles. The second kappa shape index (κ2) is 4.17. The van der Waals surface area contributed by atoms with E-state index in [-0.39, 0.29) is 0 Å². The van der Waals surface area contributed by atoms with Gasteiger partial charge in [0, 0.05) is 26.1 Å². The van der Waals surface area contributed by atoms with Gasteiger partial charge in [0.1, 0.15) is 5.78 Å². The molecular formula is C12H18N2O. The third kappa shape index (κ3) is 2.46. The molecule has 1 aromatic heterocycles. The molecule has 0 amide bonds. The Morgan fingerprint density at radius 2 is 2.40 bits per heavy atom. The Hall–Kier alpha value is -1.12. The van der Waals surface area contributed by atoms with Gasteiger partial charge in [-0.25, -0.2) is 0 Å². The van der Waals surface area contributed by atoms with Crippen molar-refractivity contribution in [2.45, 2.75) is 32.6 Å². The van der Waals surface area contributed by atoms with Crippen LogP contribution < -0.4 is 0 Å². The first kappa shape index (κ1) is 10.4. The van der Waals surface area contributed by atoms with E-state index in [1.54, 1.807) is 0 Å². The number of hydrogen-bond acceptors (Lipinski definition) is 2. The van der Waals surface area contributed by atoms with Crippen molar-refractivity contribution in [2.24, 2.45) is 18.9 Å². The fourth-order valence-corrected chi connectivity index (χ4v) is 2.37. The molecule has 82 valence electrons. The quantitative estimate of drug-likeness (QED) is 0.741. The molecule has 0 radical (unpaired) electrons. The number of carbonyl (C=O) groups excluding carboxylic acids is 1. The molecule has 0 spiro atoms. The highest BCUT2D eigenvalue weighted by Gasteiger charge is 2.26. The van der Waals surface area contributed by atoms with E-state index in [9.17, 15) is 4.79 Å². The van der Waals surface area contributed by atoms with Crippen molar-refractivity contribution in [2.75, 3.05) is 0 Å². The van der Waals surface area contributed by atoms with Gasteiger partial charge in [-0.15, -0.1) is 0 Å². The zero-order valence-electron chi connectivity index (χ0n) is 9.44. The summed E-state index contributed by atoms with van der Waals surface area (Å²) in [5, 5.41) is 4.16. The number of rotatable bonds is 2. The van der Waals surface area contributed by atoms with Crippen LogP contribution in [0.2, 0.25) is 0 Å². The van der Waals surface area contributed by atoms with E-state index in [0.29, 0.717) is 17.6 Å². The van der Waals surface area contributed by atoms with Crippen molar-refractivity contribution in [1.29, 1.82) is 0 Å². The molecule has 2 unspecified atom stereocenters. The zero-order chi connectivity index (χ0) is 10.8. The van der Waals surface area contributed by atoms with Gasteiger partial charge in [-0.3, -0.25) is 9.48 Å². The van der Waals surface area contributed by atoms with Crippen LogP contribution in [0.5, 0.6) is 0 Å². The minimum atomic E-state index is 0.432. The number of carbonyl (C=O) groups is 1. The highest BCUT2D eigenvalue weighted by molar-refractivity contribution is 5.79. The maximum atomic E-state index is 11.4. The normalized spacial score (nSPS) is 26.9. The monoisotopic (exact) mass is 206 g/mol. The minimum Gasteiger partial charge on any atom is -0.300 e. The molecule has 2 rings (SSSR count). The lowest BCUT2D eigenvalue weighted by Gasteiger charge is -2.27. The first-order valence-corrected chi connectivity index (χ1v) is 5.64. The number of aryl methyl sites for hydroxylation is 1. The van der Waals surface area contributed by atoms with Crippen LogP contribution in [0.15, 0.2) is 12.4 Å². The maximum Gasteiger partial charge on any atom is 0.133 e. The van der Waals surface area contributed by atoms with Crippen LogP contribution in [0.3, 0.4) is 0 Å². The summed E-state index contributed by atoms with van der Waals surface area (Å²) in [6, 6.07) is 0. The second-order valence-electron chi connectivity index (χ2n) is 4.75. The van der Waals surface area contributed by atoms with E-state index in [2.05, 4.69) is 12.0 Å². The topological polar surface area (TPSA) is 34.9 Å². The molecular weight excluding hydrogens is 188 g/mol. The molecule has 0 saturated heterocycles. The number of nitrogens with zero attached hydrogens (tertiary/aromatic N) is 2. The summed E-state index contributed by atoms with van der Waals surface area (Å²) in [6.07, 6.45) is 7.56. The molecule has 0 bridgehead atoms. The molecule has 3 nitrogen and oxygen atoms in total. The third-order valence-corrected chi connectivity index (χ3v) is 3.43. The second-order valence-corrected chi connectivity index (χ2v) is 4.75. The largest absolute Gasteiger partial charge is 0.300 e. The molecule has 15 heavy (non-hydrogen) atoms. The van der Waals surface area contributed by atoms with Crippen molar-refractivity contribution in [3.8, 4) is 0 Å². The van der Waals surface area contributed by atoms with Crippen molar-refractivity contribution in [3.63, 3.8) is 0 Å². The minimum absolute atomic E-state index is 0.432. The molecule has 0 aliphatic heterocycles. The summed E-state index contributed by atoms with van der Waals surface area (Å²) in [4.78, 5) is 11.4. The van der Waals surface area contributed by atoms with Gasteiger partial charge < -0.3 is 0 Å². The molecule has 3 heteroatoms. The summed E-state index contributed by atoms with van der Waals surface area (Å²) >= 11 is 0. The predicted molar refractivity (Wildman–Crippen MR) is 58.4 cm³/mol.